The smallest absolute Gasteiger partial charge is 0.338 e. The van der Waals surface area contributed by atoms with Crippen molar-refractivity contribution in [3.8, 4) is 0 Å². The first-order valence-electron chi connectivity index (χ1n) is 4.27. The van der Waals surface area contributed by atoms with Crippen molar-refractivity contribution in [2.24, 2.45) is 0 Å². The second kappa shape index (κ2) is 4.55. The van der Waals surface area contributed by atoms with Crippen LogP contribution in [0.3, 0.4) is 0 Å². The average molecular weight is 190 g/mol. The molecule has 0 saturated carbocycles. The summed E-state index contributed by atoms with van der Waals surface area (Å²) in [5.74, 6) is -0.983. The number of rotatable bonds is 5. The van der Waals surface area contributed by atoms with Gasteiger partial charge in [-0.2, -0.15) is 0 Å². The Morgan fingerprint density at radius 3 is 2.85 bits per heavy atom. The minimum Gasteiger partial charge on any atom is -0.479 e. The summed E-state index contributed by atoms with van der Waals surface area (Å²) >= 11 is 0. The zero-order valence-electron chi connectivity index (χ0n) is 7.36. The third-order valence-electron chi connectivity index (χ3n) is 2.06. The van der Waals surface area contributed by atoms with E-state index in [1.807, 2.05) is 0 Å². The fourth-order valence-corrected chi connectivity index (χ4v) is 1.22. The Bertz CT molecular complexity index is 173. The van der Waals surface area contributed by atoms with Crippen molar-refractivity contribution in [1.29, 1.82) is 0 Å². The lowest BCUT2D eigenvalue weighted by Crippen LogP contribution is -2.42. The lowest BCUT2D eigenvalue weighted by atomic mass is 10.0. The van der Waals surface area contributed by atoms with Gasteiger partial charge in [0.15, 0.2) is 5.60 Å². The molecule has 2 N–H and O–H groups in total. The van der Waals surface area contributed by atoms with Crippen molar-refractivity contribution >= 4 is 5.97 Å². The van der Waals surface area contributed by atoms with E-state index in [4.69, 9.17) is 19.7 Å². The van der Waals surface area contributed by atoms with Gasteiger partial charge in [0.2, 0.25) is 0 Å². The van der Waals surface area contributed by atoms with E-state index in [1.165, 1.54) is 0 Å². The lowest BCUT2D eigenvalue weighted by Gasteiger charge is -2.22. The molecule has 0 amide bonds. The molecule has 5 heteroatoms. The Balaban J connectivity index is 2.43. The topological polar surface area (TPSA) is 76.0 Å². The van der Waals surface area contributed by atoms with Gasteiger partial charge in [-0.05, 0) is 6.42 Å². The summed E-state index contributed by atoms with van der Waals surface area (Å²) < 4.78 is 10.2. The third-order valence-corrected chi connectivity index (χ3v) is 2.06. The molecule has 0 aromatic carbocycles. The molecule has 5 nitrogen and oxygen atoms in total. The Morgan fingerprint density at radius 1 is 1.62 bits per heavy atom. The number of aliphatic hydroxyl groups is 1. The van der Waals surface area contributed by atoms with E-state index < -0.39 is 11.6 Å². The van der Waals surface area contributed by atoms with E-state index in [9.17, 15) is 4.79 Å². The monoisotopic (exact) mass is 190 g/mol. The number of carbonyl (C=O) groups is 1. The Hall–Kier alpha value is -0.650. The van der Waals surface area contributed by atoms with Gasteiger partial charge in [-0.3, -0.25) is 0 Å². The van der Waals surface area contributed by atoms with Crippen molar-refractivity contribution in [2.75, 3.05) is 26.4 Å². The summed E-state index contributed by atoms with van der Waals surface area (Å²) in [4.78, 5) is 10.9. The third kappa shape index (κ3) is 2.40. The highest BCUT2D eigenvalue weighted by Gasteiger charge is 2.43. The van der Waals surface area contributed by atoms with Crippen molar-refractivity contribution < 1.29 is 24.5 Å². The first kappa shape index (κ1) is 10.4. The van der Waals surface area contributed by atoms with Crippen LogP contribution in [-0.4, -0.2) is 48.2 Å². The summed E-state index contributed by atoms with van der Waals surface area (Å²) in [5.41, 5.74) is -1.17. The average Bonchev–Trinajstić information content (AvgIpc) is 2.55. The molecule has 0 aromatic heterocycles. The van der Waals surface area contributed by atoms with Crippen LogP contribution >= 0.6 is 0 Å². The van der Waals surface area contributed by atoms with Gasteiger partial charge in [0, 0.05) is 13.0 Å². The van der Waals surface area contributed by atoms with E-state index in [1.54, 1.807) is 0 Å². The van der Waals surface area contributed by atoms with Crippen LogP contribution in [0.15, 0.2) is 0 Å². The number of aliphatic hydroxyl groups excluding tert-OH is 1. The number of carboxylic acid groups (broad SMARTS) is 1. The minimum absolute atomic E-state index is 0.0105. The summed E-state index contributed by atoms with van der Waals surface area (Å²) in [5, 5.41) is 17.4. The minimum atomic E-state index is -1.17. The zero-order chi connectivity index (χ0) is 9.73. The molecule has 13 heavy (non-hydrogen) atoms. The lowest BCUT2D eigenvalue weighted by molar-refractivity contribution is -0.166. The van der Waals surface area contributed by atoms with Crippen LogP contribution in [0, 0.1) is 0 Å². The largest absolute Gasteiger partial charge is 0.479 e. The van der Waals surface area contributed by atoms with Gasteiger partial charge in [-0.25, -0.2) is 4.79 Å². The van der Waals surface area contributed by atoms with Crippen LogP contribution in [0.4, 0.5) is 0 Å². The summed E-state index contributed by atoms with van der Waals surface area (Å²) in [6.45, 7) is 0.794. The molecule has 0 bridgehead atoms. The summed E-state index contributed by atoms with van der Waals surface area (Å²) in [6, 6.07) is 0. The Labute approximate surface area is 76.3 Å². The number of aliphatic carboxylic acids is 1. The second-order valence-corrected chi connectivity index (χ2v) is 3.03. The highest BCUT2D eigenvalue weighted by Crippen LogP contribution is 2.23. The van der Waals surface area contributed by atoms with Crippen molar-refractivity contribution in [3.05, 3.63) is 0 Å². The molecule has 1 saturated heterocycles. The van der Waals surface area contributed by atoms with E-state index in [0.717, 1.165) is 0 Å². The molecule has 0 aliphatic carbocycles. The first-order chi connectivity index (χ1) is 6.21. The predicted octanol–water partition coefficient (Wildman–Crippen LogP) is -0.371. The number of carboxylic acids is 1. The van der Waals surface area contributed by atoms with E-state index in [-0.39, 0.29) is 19.8 Å². The van der Waals surface area contributed by atoms with Crippen molar-refractivity contribution in [3.63, 3.8) is 0 Å². The van der Waals surface area contributed by atoms with E-state index in [2.05, 4.69) is 0 Å². The van der Waals surface area contributed by atoms with Gasteiger partial charge in [0.05, 0.1) is 19.8 Å². The number of ether oxygens (including phenoxy) is 2. The van der Waals surface area contributed by atoms with E-state index in [0.29, 0.717) is 19.4 Å². The highest BCUT2D eigenvalue weighted by molar-refractivity contribution is 5.78. The van der Waals surface area contributed by atoms with Gasteiger partial charge in [-0.1, -0.05) is 0 Å². The van der Waals surface area contributed by atoms with Gasteiger partial charge in [0.1, 0.15) is 0 Å². The molecule has 1 fully saturated rings. The molecule has 1 rings (SSSR count). The Morgan fingerprint density at radius 2 is 2.38 bits per heavy atom. The second-order valence-electron chi connectivity index (χ2n) is 3.03. The van der Waals surface area contributed by atoms with Gasteiger partial charge >= 0.3 is 5.97 Å². The summed E-state index contributed by atoms with van der Waals surface area (Å²) in [6.07, 6.45) is 0.836. The van der Waals surface area contributed by atoms with Gasteiger partial charge < -0.3 is 19.7 Å². The maximum absolute atomic E-state index is 10.9. The molecule has 1 aliphatic heterocycles. The first-order valence-corrected chi connectivity index (χ1v) is 4.27. The van der Waals surface area contributed by atoms with Crippen LogP contribution in [0.2, 0.25) is 0 Å². The maximum Gasteiger partial charge on any atom is 0.338 e. The van der Waals surface area contributed by atoms with Crippen LogP contribution < -0.4 is 0 Å². The summed E-state index contributed by atoms with van der Waals surface area (Å²) in [7, 11) is 0. The molecule has 1 atom stereocenters. The SMILES string of the molecule is O=C(O)C1(OCCCO)CCOC1. The molecule has 76 valence electrons. The molecule has 0 spiro atoms. The normalized spacial score (nSPS) is 27.8. The zero-order valence-corrected chi connectivity index (χ0v) is 7.36. The molecule has 1 unspecified atom stereocenters. The van der Waals surface area contributed by atoms with Gasteiger partial charge in [-0.15, -0.1) is 0 Å². The standard InChI is InChI=1S/C8H14O5/c9-3-1-4-13-8(7(10)11)2-5-12-6-8/h9H,1-6H2,(H,10,11). The van der Waals surface area contributed by atoms with Crippen LogP contribution in [0.25, 0.3) is 0 Å². The van der Waals surface area contributed by atoms with Crippen LogP contribution in [0.5, 0.6) is 0 Å². The molecular weight excluding hydrogens is 176 g/mol. The van der Waals surface area contributed by atoms with Crippen LogP contribution in [0.1, 0.15) is 12.8 Å². The molecule has 0 radical (unpaired) electrons. The molecule has 0 aromatic rings. The van der Waals surface area contributed by atoms with Crippen molar-refractivity contribution in [2.45, 2.75) is 18.4 Å². The highest BCUT2D eigenvalue weighted by atomic mass is 16.6. The van der Waals surface area contributed by atoms with Crippen molar-refractivity contribution in [1.82, 2.24) is 0 Å². The predicted molar refractivity (Wildman–Crippen MR) is 43.5 cm³/mol. The fourth-order valence-electron chi connectivity index (χ4n) is 1.22. The maximum atomic E-state index is 10.9. The number of hydrogen-bond donors (Lipinski definition) is 2. The van der Waals surface area contributed by atoms with Gasteiger partial charge in [0.25, 0.3) is 0 Å². The number of hydrogen-bond acceptors (Lipinski definition) is 4. The molecule has 1 heterocycles. The molecular formula is C8H14O5. The Kier molecular flexibility index (Phi) is 3.65. The van der Waals surface area contributed by atoms with Crippen LogP contribution in [-0.2, 0) is 14.3 Å². The van der Waals surface area contributed by atoms with E-state index >= 15 is 0 Å². The molecule has 1 aliphatic rings. The fraction of sp³-hybridized carbons (Fsp3) is 0.875. The quantitative estimate of drug-likeness (QED) is 0.578.